The number of Topliss-reactive ketones (excluding diaryl/α,β-unsaturated/α-hetero) is 1. The van der Waals surface area contributed by atoms with Crippen molar-refractivity contribution in [3.05, 3.63) is 64.4 Å². The number of fused-ring (bicyclic) bond motifs is 3. The van der Waals surface area contributed by atoms with E-state index in [1.807, 2.05) is 6.07 Å². The number of aryl methyl sites for hydroxylation is 1. The second kappa shape index (κ2) is 5.52. The third-order valence-electron chi connectivity index (χ3n) is 5.72. The van der Waals surface area contributed by atoms with E-state index in [4.69, 9.17) is 0 Å². The Morgan fingerprint density at radius 1 is 1.04 bits per heavy atom. The fourth-order valence-corrected chi connectivity index (χ4v) is 4.51. The predicted molar refractivity (Wildman–Crippen MR) is 106 cm³/mol. The van der Waals surface area contributed by atoms with Crippen LogP contribution in [0.15, 0.2) is 47.7 Å². The molecule has 1 aliphatic heterocycles. The Balaban J connectivity index is 1.80. The smallest absolute Gasteiger partial charge is 0.162 e. The van der Waals surface area contributed by atoms with Crippen molar-refractivity contribution < 1.29 is 4.79 Å². The largest absolute Gasteiger partial charge is 0.358 e. The van der Waals surface area contributed by atoms with E-state index in [-0.39, 0.29) is 17.1 Å². The highest BCUT2D eigenvalue weighted by molar-refractivity contribution is 6.03. The molecule has 2 N–H and O–H groups in total. The standard InChI is InChI=1S/C22H22N4O/c1-12-4-6-13(7-5-12)18-19-16(10-22(2,3)11-17(19)27)23-14-8-9-15-21(20(14)18)25-26-24-15/h4-9,18,23H,10-11H2,1-3H3,(H,24,25,26). The number of nitrogens with one attached hydrogen (secondary N) is 2. The van der Waals surface area contributed by atoms with Gasteiger partial charge in [0.1, 0.15) is 11.0 Å². The minimum Gasteiger partial charge on any atom is -0.358 e. The molecule has 5 nitrogen and oxygen atoms in total. The fraction of sp³-hybridized carbons (Fsp3) is 0.318. The van der Waals surface area contributed by atoms with Gasteiger partial charge in [-0.2, -0.15) is 15.4 Å². The van der Waals surface area contributed by atoms with E-state index in [9.17, 15) is 4.79 Å². The Kier molecular flexibility index (Phi) is 3.32. The van der Waals surface area contributed by atoms with Gasteiger partial charge in [0.05, 0.1) is 0 Å². The average molecular weight is 358 g/mol. The summed E-state index contributed by atoms with van der Waals surface area (Å²) in [7, 11) is 0. The van der Waals surface area contributed by atoms with Gasteiger partial charge < -0.3 is 5.32 Å². The van der Waals surface area contributed by atoms with E-state index in [0.29, 0.717) is 6.42 Å². The molecule has 0 saturated carbocycles. The van der Waals surface area contributed by atoms with Gasteiger partial charge in [-0.05, 0) is 36.5 Å². The number of anilines is 1. The molecular formula is C22H22N4O. The van der Waals surface area contributed by atoms with Crippen LogP contribution in [0.3, 0.4) is 0 Å². The molecule has 1 aliphatic carbocycles. The van der Waals surface area contributed by atoms with Crippen molar-refractivity contribution in [3.63, 3.8) is 0 Å². The third kappa shape index (κ3) is 2.49. The molecule has 0 bridgehead atoms. The molecule has 0 radical (unpaired) electrons. The van der Waals surface area contributed by atoms with Crippen LogP contribution in [-0.4, -0.2) is 21.2 Å². The van der Waals surface area contributed by atoms with Crippen molar-refractivity contribution in [1.82, 2.24) is 15.4 Å². The van der Waals surface area contributed by atoms with Gasteiger partial charge in [-0.1, -0.05) is 43.7 Å². The number of H-pyrrole nitrogens is 1. The molecule has 1 atom stereocenters. The number of hydrogen-bond acceptors (Lipinski definition) is 4. The number of aromatic nitrogens is 3. The average Bonchev–Trinajstić information content (AvgIpc) is 3.08. The van der Waals surface area contributed by atoms with Crippen molar-refractivity contribution in [2.24, 2.45) is 5.41 Å². The van der Waals surface area contributed by atoms with Gasteiger partial charge >= 0.3 is 0 Å². The molecule has 27 heavy (non-hydrogen) atoms. The summed E-state index contributed by atoms with van der Waals surface area (Å²) >= 11 is 0. The van der Waals surface area contributed by atoms with Gasteiger partial charge in [0.25, 0.3) is 0 Å². The molecule has 0 saturated heterocycles. The van der Waals surface area contributed by atoms with Crippen molar-refractivity contribution in [3.8, 4) is 0 Å². The molecule has 2 heterocycles. The van der Waals surface area contributed by atoms with Gasteiger partial charge in [0.2, 0.25) is 0 Å². The molecule has 3 aromatic rings. The number of ketones is 1. The number of carbonyl (C=O) groups excluding carboxylic acids is 1. The van der Waals surface area contributed by atoms with Crippen LogP contribution in [0.4, 0.5) is 5.69 Å². The lowest BCUT2D eigenvalue weighted by atomic mass is 9.68. The van der Waals surface area contributed by atoms with Gasteiger partial charge in [-0.15, -0.1) is 0 Å². The number of carbonyl (C=O) groups is 1. The molecule has 1 aromatic heterocycles. The van der Waals surface area contributed by atoms with Crippen LogP contribution in [0.2, 0.25) is 0 Å². The second-order valence-electron chi connectivity index (χ2n) is 8.52. The highest BCUT2D eigenvalue weighted by Gasteiger charge is 2.41. The lowest BCUT2D eigenvalue weighted by molar-refractivity contribution is -0.118. The second-order valence-corrected chi connectivity index (χ2v) is 8.52. The highest BCUT2D eigenvalue weighted by Crippen LogP contribution is 2.50. The van der Waals surface area contributed by atoms with Crippen LogP contribution in [0.5, 0.6) is 0 Å². The number of rotatable bonds is 1. The first-order chi connectivity index (χ1) is 12.9. The first-order valence-corrected chi connectivity index (χ1v) is 9.36. The van der Waals surface area contributed by atoms with Gasteiger partial charge in [0.15, 0.2) is 5.78 Å². The summed E-state index contributed by atoms with van der Waals surface area (Å²) in [6.07, 6.45) is 1.44. The summed E-state index contributed by atoms with van der Waals surface area (Å²) < 4.78 is 0. The molecule has 5 rings (SSSR count). The number of allylic oxidation sites excluding steroid dienone is 2. The molecular weight excluding hydrogens is 336 g/mol. The Morgan fingerprint density at radius 3 is 2.59 bits per heavy atom. The van der Waals surface area contributed by atoms with Gasteiger partial charge in [0, 0.05) is 34.9 Å². The Bertz CT molecular complexity index is 1110. The Morgan fingerprint density at radius 2 is 1.81 bits per heavy atom. The quantitative estimate of drug-likeness (QED) is 0.673. The zero-order chi connectivity index (χ0) is 18.8. The van der Waals surface area contributed by atoms with Crippen molar-refractivity contribution in [2.45, 2.75) is 39.5 Å². The summed E-state index contributed by atoms with van der Waals surface area (Å²) in [5.74, 6) is 0.111. The lowest BCUT2D eigenvalue weighted by Gasteiger charge is -2.39. The van der Waals surface area contributed by atoms with Gasteiger partial charge in [-0.3, -0.25) is 4.79 Å². The zero-order valence-corrected chi connectivity index (χ0v) is 15.8. The van der Waals surface area contributed by atoms with E-state index < -0.39 is 0 Å². The van der Waals surface area contributed by atoms with Crippen LogP contribution in [-0.2, 0) is 4.79 Å². The number of hydrogen-bond donors (Lipinski definition) is 2. The third-order valence-corrected chi connectivity index (χ3v) is 5.72. The maximum atomic E-state index is 13.2. The molecule has 0 amide bonds. The molecule has 0 fully saturated rings. The predicted octanol–water partition coefficient (Wildman–Crippen LogP) is 4.47. The van der Waals surface area contributed by atoms with Crippen LogP contribution in [0, 0.1) is 12.3 Å². The maximum absolute atomic E-state index is 13.2. The first-order valence-electron chi connectivity index (χ1n) is 9.36. The van der Waals surface area contributed by atoms with Gasteiger partial charge in [-0.25, -0.2) is 0 Å². The molecule has 1 unspecified atom stereocenters. The molecule has 0 spiro atoms. The number of benzene rings is 2. The Labute approximate surface area is 157 Å². The van der Waals surface area contributed by atoms with Crippen molar-refractivity contribution in [1.29, 1.82) is 0 Å². The van der Waals surface area contributed by atoms with Crippen LogP contribution in [0.25, 0.3) is 11.0 Å². The minimum atomic E-state index is -0.116. The molecule has 136 valence electrons. The summed E-state index contributed by atoms with van der Waals surface area (Å²) in [6, 6.07) is 12.5. The number of aromatic amines is 1. The Hall–Kier alpha value is -2.95. The van der Waals surface area contributed by atoms with E-state index >= 15 is 0 Å². The van der Waals surface area contributed by atoms with E-state index in [2.05, 4.69) is 71.8 Å². The van der Waals surface area contributed by atoms with E-state index in [0.717, 1.165) is 45.5 Å². The SMILES string of the molecule is Cc1ccc(C2C3=C(CC(C)(C)CC3=O)Nc3ccc4n[nH]nc4c32)cc1. The summed E-state index contributed by atoms with van der Waals surface area (Å²) in [5, 5.41) is 14.9. The topological polar surface area (TPSA) is 70.7 Å². The van der Waals surface area contributed by atoms with E-state index in [1.165, 1.54) is 5.56 Å². The lowest BCUT2D eigenvalue weighted by Crippen LogP contribution is -2.33. The highest BCUT2D eigenvalue weighted by atomic mass is 16.1. The van der Waals surface area contributed by atoms with Crippen molar-refractivity contribution >= 4 is 22.5 Å². The summed E-state index contributed by atoms with van der Waals surface area (Å²) in [4.78, 5) is 13.2. The number of nitrogens with zero attached hydrogens (tertiary/aromatic N) is 2. The maximum Gasteiger partial charge on any atom is 0.162 e. The van der Waals surface area contributed by atoms with Crippen LogP contribution in [0.1, 0.15) is 49.3 Å². The van der Waals surface area contributed by atoms with Crippen LogP contribution >= 0.6 is 0 Å². The normalized spacial score (nSPS) is 21.0. The fourth-order valence-electron chi connectivity index (χ4n) is 4.51. The monoisotopic (exact) mass is 358 g/mol. The minimum absolute atomic E-state index is 0.0315. The van der Waals surface area contributed by atoms with Crippen molar-refractivity contribution in [2.75, 3.05) is 5.32 Å². The molecule has 2 aromatic carbocycles. The van der Waals surface area contributed by atoms with Crippen LogP contribution < -0.4 is 5.32 Å². The molecule has 2 aliphatic rings. The zero-order valence-electron chi connectivity index (χ0n) is 15.8. The molecule has 5 heteroatoms. The van der Waals surface area contributed by atoms with E-state index in [1.54, 1.807) is 0 Å². The first kappa shape index (κ1) is 16.2. The summed E-state index contributed by atoms with van der Waals surface area (Å²) in [6.45, 7) is 6.40. The summed E-state index contributed by atoms with van der Waals surface area (Å²) in [5.41, 5.74) is 7.95.